The molecule has 0 atom stereocenters. The maximum Gasteiger partial charge on any atom is 0.240 e. The van der Waals surface area contributed by atoms with Gasteiger partial charge in [-0.15, -0.1) is 0 Å². The Morgan fingerprint density at radius 1 is 0.594 bits per heavy atom. The molecule has 1 aromatic rings. The fourth-order valence-electron chi connectivity index (χ4n) is 4.00. The van der Waals surface area contributed by atoms with Gasteiger partial charge in [-0.2, -0.15) is 0 Å². The largest absolute Gasteiger partial charge is 0.240 e. The number of benzene rings is 1. The van der Waals surface area contributed by atoms with Crippen LogP contribution < -0.4 is 4.72 Å². The van der Waals surface area contributed by atoms with Crippen LogP contribution in [0.15, 0.2) is 23.1 Å². The van der Waals surface area contributed by atoms with E-state index in [1.54, 1.807) is 0 Å². The maximum absolute atomic E-state index is 12.3. The van der Waals surface area contributed by atoms with Gasteiger partial charge in [0.1, 0.15) is 0 Å². The van der Waals surface area contributed by atoms with Crippen LogP contribution in [-0.4, -0.2) is 15.0 Å². The zero-order valence-corrected chi connectivity index (χ0v) is 22.5. The molecule has 6 heteroatoms. The van der Waals surface area contributed by atoms with E-state index >= 15 is 0 Å². The third-order valence-corrected chi connectivity index (χ3v) is 7.85. The minimum Gasteiger partial charge on any atom is -0.211 e. The summed E-state index contributed by atoms with van der Waals surface area (Å²) in [7, 11) is -3.55. The lowest BCUT2D eigenvalue weighted by Gasteiger charge is -2.08. The monoisotopic (exact) mass is 505 g/mol. The second-order valence-electron chi connectivity index (χ2n) is 9.01. The minimum absolute atomic E-state index is 0.123. The van der Waals surface area contributed by atoms with Crippen molar-refractivity contribution in [3.63, 3.8) is 0 Å². The summed E-state index contributed by atoms with van der Waals surface area (Å²) in [5.74, 6) is 0. The first-order valence-corrected chi connectivity index (χ1v) is 15.2. The molecule has 1 N–H and O–H groups in total. The molecular formula is C26H45Cl2NO2S. The molecule has 0 aliphatic carbocycles. The summed E-state index contributed by atoms with van der Waals surface area (Å²) in [4.78, 5) is 0.123. The second-order valence-corrected chi connectivity index (χ2v) is 11.7. The molecule has 0 fully saturated rings. The quantitative estimate of drug-likeness (QED) is 0.169. The van der Waals surface area contributed by atoms with Crippen molar-refractivity contribution in [1.82, 2.24) is 4.72 Å². The topological polar surface area (TPSA) is 46.2 Å². The highest BCUT2D eigenvalue weighted by atomic mass is 35.5. The van der Waals surface area contributed by atoms with Crippen LogP contribution in [0.3, 0.4) is 0 Å². The zero-order chi connectivity index (χ0) is 23.5. The highest BCUT2D eigenvalue weighted by Gasteiger charge is 2.14. The van der Waals surface area contributed by atoms with Crippen LogP contribution in [0.1, 0.15) is 122 Å². The van der Waals surface area contributed by atoms with Crippen molar-refractivity contribution in [2.24, 2.45) is 0 Å². The van der Waals surface area contributed by atoms with E-state index in [2.05, 4.69) is 11.6 Å². The fourth-order valence-corrected chi connectivity index (χ4v) is 5.80. The average molecular weight is 507 g/mol. The lowest BCUT2D eigenvalue weighted by atomic mass is 10.0. The summed E-state index contributed by atoms with van der Waals surface area (Å²) in [6.07, 6.45) is 23.8. The van der Waals surface area contributed by atoms with Crippen molar-refractivity contribution in [3.05, 3.63) is 28.2 Å². The van der Waals surface area contributed by atoms with Crippen molar-refractivity contribution >= 4 is 33.2 Å². The van der Waals surface area contributed by atoms with E-state index in [-0.39, 0.29) is 4.90 Å². The highest BCUT2D eigenvalue weighted by Crippen LogP contribution is 2.22. The van der Waals surface area contributed by atoms with Crippen LogP contribution >= 0.6 is 23.2 Å². The molecule has 0 saturated heterocycles. The third-order valence-electron chi connectivity index (χ3n) is 5.97. The van der Waals surface area contributed by atoms with Gasteiger partial charge in [0.15, 0.2) is 0 Å². The van der Waals surface area contributed by atoms with Crippen LogP contribution in [0.25, 0.3) is 0 Å². The highest BCUT2D eigenvalue weighted by molar-refractivity contribution is 7.89. The standard InChI is InChI=1S/C26H45Cl2NO2S/c1-2-3-4-5-6-7-8-9-10-11-12-13-14-15-16-17-18-19-20-29-32(30,31)26-22-24(27)21-25(28)23-26/h21-23,29H,2-20H2,1H3. The normalized spacial score (nSPS) is 11.8. The molecule has 0 aliphatic rings. The number of nitrogens with one attached hydrogen (secondary N) is 1. The average Bonchev–Trinajstić information content (AvgIpc) is 2.74. The predicted octanol–water partition coefficient (Wildman–Crippen LogP) is 9.31. The van der Waals surface area contributed by atoms with Crippen molar-refractivity contribution < 1.29 is 8.42 Å². The van der Waals surface area contributed by atoms with E-state index in [0.29, 0.717) is 16.6 Å². The molecule has 1 rings (SSSR count). The first kappa shape index (κ1) is 29.7. The fraction of sp³-hybridized carbons (Fsp3) is 0.769. The molecule has 0 aliphatic heterocycles. The molecule has 186 valence electrons. The van der Waals surface area contributed by atoms with Crippen LogP contribution in [0.5, 0.6) is 0 Å². The maximum atomic E-state index is 12.3. The first-order valence-electron chi connectivity index (χ1n) is 12.9. The molecule has 32 heavy (non-hydrogen) atoms. The number of rotatable bonds is 21. The molecule has 0 aromatic heterocycles. The van der Waals surface area contributed by atoms with Crippen molar-refractivity contribution in [2.45, 2.75) is 127 Å². The van der Waals surface area contributed by atoms with Crippen molar-refractivity contribution in [1.29, 1.82) is 0 Å². The van der Waals surface area contributed by atoms with E-state index < -0.39 is 10.0 Å². The van der Waals surface area contributed by atoms with Gasteiger partial charge in [-0.05, 0) is 24.6 Å². The Kier molecular flexibility index (Phi) is 17.7. The van der Waals surface area contributed by atoms with E-state index in [0.717, 1.165) is 12.8 Å². The molecular weight excluding hydrogens is 461 g/mol. The molecule has 3 nitrogen and oxygen atoms in total. The van der Waals surface area contributed by atoms with Gasteiger partial charge in [-0.3, -0.25) is 0 Å². The first-order chi connectivity index (χ1) is 15.5. The molecule has 0 unspecified atom stereocenters. The van der Waals surface area contributed by atoms with Gasteiger partial charge in [0.25, 0.3) is 0 Å². The van der Waals surface area contributed by atoms with E-state index in [4.69, 9.17) is 23.2 Å². The lowest BCUT2D eigenvalue weighted by Crippen LogP contribution is -2.24. The van der Waals surface area contributed by atoms with Crippen LogP contribution in [0.4, 0.5) is 0 Å². The number of halogens is 2. The molecule has 0 saturated carbocycles. The van der Waals surface area contributed by atoms with E-state index in [1.807, 2.05) is 0 Å². The van der Waals surface area contributed by atoms with Crippen LogP contribution in [0, 0.1) is 0 Å². The van der Waals surface area contributed by atoms with Gasteiger partial charge in [0.2, 0.25) is 10.0 Å². The van der Waals surface area contributed by atoms with E-state index in [1.165, 1.54) is 121 Å². The molecule has 0 spiro atoms. The van der Waals surface area contributed by atoms with Crippen molar-refractivity contribution in [3.8, 4) is 0 Å². The summed E-state index contributed by atoms with van der Waals surface area (Å²) < 4.78 is 27.2. The van der Waals surface area contributed by atoms with Gasteiger partial charge in [-0.1, -0.05) is 139 Å². The van der Waals surface area contributed by atoms with Gasteiger partial charge in [0, 0.05) is 16.6 Å². The van der Waals surface area contributed by atoms with Gasteiger partial charge < -0.3 is 0 Å². The summed E-state index contributed by atoms with van der Waals surface area (Å²) >= 11 is 11.8. The zero-order valence-electron chi connectivity index (χ0n) is 20.1. The Balaban J connectivity index is 1.87. The minimum atomic E-state index is -3.55. The summed E-state index contributed by atoms with van der Waals surface area (Å²) in [5, 5.41) is 0.650. The summed E-state index contributed by atoms with van der Waals surface area (Å²) in [6, 6.07) is 4.37. The summed E-state index contributed by atoms with van der Waals surface area (Å²) in [6.45, 7) is 2.73. The molecule has 0 radical (unpaired) electrons. The SMILES string of the molecule is CCCCCCCCCCCCCCCCCCCCNS(=O)(=O)c1cc(Cl)cc(Cl)c1. The van der Waals surface area contributed by atoms with Crippen LogP contribution in [-0.2, 0) is 10.0 Å². The van der Waals surface area contributed by atoms with Gasteiger partial charge in [0.05, 0.1) is 4.90 Å². The van der Waals surface area contributed by atoms with E-state index in [9.17, 15) is 8.42 Å². The van der Waals surface area contributed by atoms with Gasteiger partial charge >= 0.3 is 0 Å². The Hall–Kier alpha value is -0.290. The second kappa shape index (κ2) is 19.1. The predicted molar refractivity (Wildman–Crippen MR) is 140 cm³/mol. The van der Waals surface area contributed by atoms with Crippen molar-refractivity contribution in [2.75, 3.05) is 6.54 Å². The number of hydrogen-bond donors (Lipinski definition) is 1. The number of hydrogen-bond acceptors (Lipinski definition) is 2. The smallest absolute Gasteiger partial charge is 0.211 e. The Morgan fingerprint density at radius 3 is 1.31 bits per heavy atom. The number of unbranched alkanes of at least 4 members (excludes halogenated alkanes) is 17. The molecule has 0 bridgehead atoms. The van der Waals surface area contributed by atoms with Crippen LogP contribution in [0.2, 0.25) is 10.0 Å². The third kappa shape index (κ3) is 15.5. The molecule has 0 heterocycles. The Bertz CT molecular complexity index is 675. The molecule has 0 amide bonds. The lowest BCUT2D eigenvalue weighted by molar-refractivity contribution is 0.524. The van der Waals surface area contributed by atoms with Gasteiger partial charge in [-0.25, -0.2) is 13.1 Å². The Morgan fingerprint density at radius 2 is 0.938 bits per heavy atom. The number of sulfonamides is 1. The summed E-state index contributed by atoms with van der Waals surface area (Å²) in [5.41, 5.74) is 0. The Labute approximate surface area is 208 Å². The molecule has 1 aromatic carbocycles.